The van der Waals surface area contributed by atoms with Crippen LogP contribution in [-0.4, -0.2) is 19.3 Å². The summed E-state index contributed by atoms with van der Waals surface area (Å²) in [6.07, 6.45) is 0. The molecule has 8 heteroatoms. The van der Waals surface area contributed by atoms with Gasteiger partial charge in [0.05, 0.1) is 10.6 Å². The van der Waals surface area contributed by atoms with Crippen molar-refractivity contribution in [1.29, 1.82) is 0 Å². The highest BCUT2D eigenvalue weighted by atomic mass is 32.2. The minimum atomic E-state index is -3.67. The summed E-state index contributed by atoms with van der Waals surface area (Å²) in [7, 11) is -3.67. The Bertz CT molecular complexity index is 1070. The highest BCUT2D eigenvalue weighted by Gasteiger charge is 2.18. The van der Waals surface area contributed by atoms with Crippen LogP contribution in [0.4, 0.5) is 10.8 Å². The molecule has 0 spiro atoms. The van der Waals surface area contributed by atoms with E-state index in [2.05, 4.69) is 35.8 Å². The standard InChI is InChI=1S/C20H21N3O3S2/c1-20(2,3)17-13-27-19(21-17)22-18(24)14-9-11-15(12-10-14)23-28(25,26)16-7-5-4-6-8-16/h4-13,23H,1-3H3,(H,21,22,24). The largest absolute Gasteiger partial charge is 0.298 e. The van der Waals surface area contributed by atoms with Gasteiger partial charge in [0.2, 0.25) is 0 Å². The molecule has 1 aromatic heterocycles. The monoisotopic (exact) mass is 415 g/mol. The molecule has 1 amide bonds. The number of sulfonamides is 1. The van der Waals surface area contributed by atoms with E-state index in [0.29, 0.717) is 16.4 Å². The number of aromatic nitrogens is 1. The van der Waals surface area contributed by atoms with Gasteiger partial charge in [0.1, 0.15) is 0 Å². The normalized spacial score (nSPS) is 11.8. The van der Waals surface area contributed by atoms with E-state index in [9.17, 15) is 13.2 Å². The molecule has 0 bridgehead atoms. The summed E-state index contributed by atoms with van der Waals surface area (Å²) in [5.41, 5.74) is 1.62. The fourth-order valence-electron chi connectivity index (χ4n) is 2.35. The lowest BCUT2D eigenvalue weighted by atomic mass is 9.93. The maximum absolute atomic E-state index is 12.4. The first-order valence-corrected chi connectivity index (χ1v) is 11.0. The van der Waals surface area contributed by atoms with Gasteiger partial charge in [-0.2, -0.15) is 0 Å². The molecule has 0 aliphatic carbocycles. The highest BCUT2D eigenvalue weighted by Crippen LogP contribution is 2.26. The Hall–Kier alpha value is -2.71. The molecule has 28 heavy (non-hydrogen) atoms. The number of benzene rings is 2. The van der Waals surface area contributed by atoms with Gasteiger partial charge < -0.3 is 0 Å². The lowest BCUT2D eigenvalue weighted by molar-refractivity contribution is 0.102. The molecule has 0 fully saturated rings. The van der Waals surface area contributed by atoms with Crippen LogP contribution < -0.4 is 10.0 Å². The van der Waals surface area contributed by atoms with Crippen molar-refractivity contribution in [3.05, 3.63) is 71.2 Å². The van der Waals surface area contributed by atoms with E-state index in [1.807, 2.05) is 5.38 Å². The first-order valence-electron chi connectivity index (χ1n) is 8.60. The second-order valence-corrected chi connectivity index (χ2v) is 9.78. The van der Waals surface area contributed by atoms with Gasteiger partial charge in [-0.25, -0.2) is 13.4 Å². The lowest BCUT2D eigenvalue weighted by Gasteiger charge is -2.14. The zero-order valence-electron chi connectivity index (χ0n) is 15.8. The van der Waals surface area contributed by atoms with E-state index in [0.717, 1.165) is 5.69 Å². The van der Waals surface area contributed by atoms with E-state index in [4.69, 9.17) is 0 Å². The van der Waals surface area contributed by atoms with Gasteiger partial charge in [-0.15, -0.1) is 11.3 Å². The molecule has 3 aromatic rings. The van der Waals surface area contributed by atoms with Crippen LogP contribution in [0.15, 0.2) is 64.9 Å². The van der Waals surface area contributed by atoms with Crippen molar-refractivity contribution in [3.8, 4) is 0 Å². The Morgan fingerprint density at radius 3 is 2.21 bits per heavy atom. The van der Waals surface area contributed by atoms with Crippen molar-refractivity contribution < 1.29 is 13.2 Å². The predicted molar refractivity (Wildman–Crippen MR) is 112 cm³/mol. The third kappa shape index (κ3) is 4.76. The maximum Gasteiger partial charge on any atom is 0.261 e. The molecule has 0 radical (unpaired) electrons. The van der Waals surface area contributed by atoms with E-state index in [-0.39, 0.29) is 16.2 Å². The number of carbonyl (C=O) groups excluding carboxylic acids is 1. The Balaban J connectivity index is 1.68. The Labute approximate surface area is 168 Å². The highest BCUT2D eigenvalue weighted by molar-refractivity contribution is 7.92. The summed E-state index contributed by atoms with van der Waals surface area (Å²) >= 11 is 1.37. The van der Waals surface area contributed by atoms with E-state index < -0.39 is 10.0 Å². The SMILES string of the molecule is CC(C)(C)c1csc(NC(=O)c2ccc(NS(=O)(=O)c3ccccc3)cc2)n1. The molecular weight excluding hydrogens is 394 g/mol. The van der Waals surface area contributed by atoms with Crippen molar-refractivity contribution in [2.45, 2.75) is 31.1 Å². The average molecular weight is 416 g/mol. The van der Waals surface area contributed by atoms with Crippen LogP contribution in [0.2, 0.25) is 0 Å². The van der Waals surface area contributed by atoms with Gasteiger partial charge in [0.15, 0.2) is 5.13 Å². The number of amides is 1. The molecule has 6 nitrogen and oxygen atoms in total. The average Bonchev–Trinajstić information content (AvgIpc) is 3.12. The molecule has 0 atom stereocenters. The molecule has 0 unspecified atom stereocenters. The molecule has 0 saturated heterocycles. The van der Waals surface area contributed by atoms with Gasteiger partial charge in [-0.1, -0.05) is 39.0 Å². The minimum absolute atomic E-state index is 0.0863. The number of rotatable bonds is 5. The second-order valence-electron chi connectivity index (χ2n) is 7.24. The molecule has 2 N–H and O–H groups in total. The van der Waals surface area contributed by atoms with Crippen LogP contribution in [-0.2, 0) is 15.4 Å². The molecule has 3 rings (SSSR count). The number of hydrogen-bond acceptors (Lipinski definition) is 5. The van der Waals surface area contributed by atoms with E-state index in [1.54, 1.807) is 42.5 Å². The van der Waals surface area contributed by atoms with Crippen molar-refractivity contribution in [2.75, 3.05) is 10.0 Å². The zero-order chi connectivity index (χ0) is 20.4. The zero-order valence-corrected chi connectivity index (χ0v) is 17.4. The van der Waals surface area contributed by atoms with E-state index in [1.165, 1.54) is 23.5 Å². The third-order valence-corrected chi connectivity index (χ3v) is 6.10. The smallest absolute Gasteiger partial charge is 0.261 e. The quantitative estimate of drug-likeness (QED) is 0.642. The molecule has 0 saturated carbocycles. The topological polar surface area (TPSA) is 88.2 Å². The van der Waals surface area contributed by atoms with E-state index >= 15 is 0 Å². The molecule has 2 aromatic carbocycles. The summed E-state index contributed by atoms with van der Waals surface area (Å²) in [6.45, 7) is 6.18. The van der Waals surface area contributed by atoms with Crippen LogP contribution in [0.1, 0.15) is 36.8 Å². The van der Waals surface area contributed by atoms with Crippen LogP contribution in [0.5, 0.6) is 0 Å². The fourth-order valence-corrected chi connectivity index (χ4v) is 4.36. The van der Waals surface area contributed by atoms with Crippen LogP contribution in [0.3, 0.4) is 0 Å². The Morgan fingerprint density at radius 2 is 1.64 bits per heavy atom. The van der Waals surface area contributed by atoms with Crippen LogP contribution in [0.25, 0.3) is 0 Å². The number of nitrogens with one attached hydrogen (secondary N) is 2. The van der Waals surface area contributed by atoms with Gasteiger partial charge in [0, 0.05) is 22.0 Å². The second kappa shape index (κ2) is 7.73. The van der Waals surface area contributed by atoms with Gasteiger partial charge in [-0.05, 0) is 36.4 Å². The van der Waals surface area contributed by atoms with Crippen molar-refractivity contribution in [1.82, 2.24) is 4.98 Å². The first-order chi connectivity index (χ1) is 13.1. The molecular formula is C20H21N3O3S2. The number of nitrogens with zero attached hydrogens (tertiary/aromatic N) is 1. The van der Waals surface area contributed by atoms with Gasteiger partial charge in [-0.3, -0.25) is 14.8 Å². The Kier molecular flexibility index (Phi) is 5.53. The van der Waals surface area contributed by atoms with Crippen LogP contribution in [0, 0.1) is 0 Å². The fraction of sp³-hybridized carbons (Fsp3) is 0.200. The lowest BCUT2D eigenvalue weighted by Crippen LogP contribution is -2.15. The van der Waals surface area contributed by atoms with Gasteiger partial charge >= 0.3 is 0 Å². The molecule has 0 aliphatic heterocycles. The Morgan fingerprint density at radius 1 is 1.00 bits per heavy atom. The summed E-state index contributed by atoms with van der Waals surface area (Å²) in [4.78, 5) is 17.0. The third-order valence-electron chi connectivity index (χ3n) is 3.95. The summed E-state index contributed by atoms with van der Waals surface area (Å²) < 4.78 is 27.2. The van der Waals surface area contributed by atoms with Crippen molar-refractivity contribution in [2.24, 2.45) is 0 Å². The van der Waals surface area contributed by atoms with Gasteiger partial charge in [0.25, 0.3) is 15.9 Å². The maximum atomic E-state index is 12.4. The summed E-state index contributed by atoms with van der Waals surface area (Å²) in [5.74, 6) is -0.299. The summed E-state index contributed by atoms with van der Waals surface area (Å²) in [5, 5.41) is 5.23. The molecule has 146 valence electrons. The molecule has 0 aliphatic rings. The number of hydrogen-bond donors (Lipinski definition) is 2. The van der Waals surface area contributed by atoms with Crippen LogP contribution >= 0.6 is 11.3 Å². The van der Waals surface area contributed by atoms with Crippen molar-refractivity contribution >= 4 is 38.1 Å². The first kappa shape index (κ1) is 20.0. The predicted octanol–water partition coefficient (Wildman–Crippen LogP) is 4.49. The molecule has 1 heterocycles. The van der Waals surface area contributed by atoms with Crippen molar-refractivity contribution in [3.63, 3.8) is 0 Å². The number of carbonyl (C=O) groups is 1. The number of anilines is 2. The minimum Gasteiger partial charge on any atom is -0.298 e. The number of thiazole rings is 1. The summed E-state index contributed by atoms with van der Waals surface area (Å²) in [6, 6.07) is 14.3.